The third-order valence-corrected chi connectivity index (χ3v) is 4.81. The predicted octanol–water partition coefficient (Wildman–Crippen LogP) is 3.97. The maximum atomic E-state index is 4.74. The minimum atomic E-state index is 0.578. The molecule has 2 atom stereocenters. The zero-order valence-corrected chi connectivity index (χ0v) is 12.1. The lowest BCUT2D eigenvalue weighted by Crippen LogP contribution is -2.22. The van der Waals surface area contributed by atoms with Gasteiger partial charge in [-0.15, -0.1) is 0 Å². The van der Waals surface area contributed by atoms with Gasteiger partial charge < -0.3 is 9.55 Å². The number of nitrogens with zero attached hydrogens (tertiary/aromatic N) is 3. The van der Waals surface area contributed by atoms with E-state index < -0.39 is 0 Å². The number of aryl methyl sites for hydroxylation is 1. The quantitative estimate of drug-likeness (QED) is 0.725. The first-order chi connectivity index (χ1) is 9.75. The smallest absolute Gasteiger partial charge is 0.139 e. The van der Waals surface area contributed by atoms with E-state index in [0.29, 0.717) is 6.04 Å². The first-order valence-electron chi connectivity index (χ1n) is 7.56. The van der Waals surface area contributed by atoms with E-state index in [4.69, 9.17) is 4.98 Å². The zero-order valence-electron chi connectivity index (χ0n) is 12.1. The SMILES string of the molecule is Cc1nc2cnc3[nH]ccc3c2n1C1CCCCC1C. The number of hydrogen-bond acceptors (Lipinski definition) is 2. The lowest BCUT2D eigenvalue weighted by atomic mass is 9.85. The highest BCUT2D eigenvalue weighted by atomic mass is 15.1. The number of hydrogen-bond donors (Lipinski definition) is 1. The molecule has 1 aliphatic rings. The Labute approximate surface area is 118 Å². The standard InChI is InChI=1S/C16H20N4/c1-10-5-3-4-6-14(10)20-11(2)19-13-9-18-16-12(15(13)20)7-8-17-16/h7-10,14H,3-6H2,1-2H3,(H,17,18). The summed E-state index contributed by atoms with van der Waals surface area (Å²) in [5, 5.41) is 1.20. The summed E-state index contributed by atoms with van der Waals surface area (Å²) in [5.74, 6) is 1.84. The second-order valence-electron chi connectivity index (χ2n) is 6.09. The number of pyridine rings is 1. The zero-order chi connectivity index (χ0) is 13.7. The van der Waals surface area contributed by atoms with Crippen LogP contribution in [0.4, 0.5) is 0 Å². The Morgan fingerprint density at radius 3 is 3.00 bits per heavy atom. The molecule has 0 amide bonds. The number of fused-ring (bicyclic) bond motifs is 3. The second-order valence-corrected chi connectivity index (χ2v) is 6.09. The van der Waals surface area contributed by atoms with Crippen LogP contribution >= 0.6 is 0 Å². The van der Waals surface area contributed by atoms with Crippen molar-refractivity contribution in [1.29, 1.82) is 0 Å². The Morgan fingerprint density at radius 2 is 2.15 bits per heavy atom. The molecule has 3 heterocycles. The second kappa shape index (κ2) is 4.33. The summed E-state index contributed by atoms with van der Waals surface area (Å²) >= 11 is 0. The van der Waals surface area contributed by atoms with Crippen LogP contribution in [0.5, 0.6) is 0 Å². The van der Waals surface area contributed by atoms with Gasteiger partial charge in [0.1, 0.15) is 17.0 Å². The molecule has 1 N–H and O–H groups in total. The molecule has 0 saturated heterocycles. The van der Waals surface area contributed by atoms with Gasteiger partial charge in [0.25, 0.3) is 0 Å². The highest BCUT2D eigenvalue weighted by Crippen LogP contribution is 2.37. The van der Waals surface area contributed by atoms with Crippen molar-refractivity contribution in [3.63, 3.8) is 0 Å². The summed E-state index contributed by atoms with van der Waals surface area (Å²) in [6, 6.07) is 2.70. The van der Waals surface area contributed by atoms with Gasteiger partial charge in [0.05, 0.1) is 11.7 Å². The van der Waals surface area contributed by atoms with Crippen molar-refractivity contribution in [1.82, 2.24) is 19.5 Å². The largest absolute Gasteiger partial charge is 0.346 e. The van der Waals surface area contributed by atoms with Crippen LogP contribution in [0.3, 0.4) is 0 Å². The Morgan fingerprint density at radius 1 is 1.30 bits per heavy atom. The van der Waals surface area contributed by atoms with E-state index >= 15 is 0 Å². The van der Waals surface area contributed by atoms with Gasteiger partial charge in [-0.3, -0.25) is 0 Å². The number of nitrogens with one attached hydrogen (secondary N) is 1. The fourth-order valence-corrected chi connectivity index (χ4v) is 3.79. The average Bonchev–Trinajstić information content (AvgIpc) is 3.02. The molecule has 1 fully saturated rings. The molecule has 104 valence electrons. The molecule has 20 heavy (non-hydrogen) atoms. The minimum absolute atomic E-state index is 0.578. The maximum absolute atomic E-state index is 4.74. The first kappa shape index (κ1) is 11.9. The van der Waals surface area contributed by atoms with E-state index in [1.54, 1.807) is 0 Å². The maximum Gasteiger partial charge on any atom is 0.139 e. The number of imidazole rings is 1. The minimum Gasteiger partial charge on any atom is -0.346 e. The number of rotatable bonds is 1. The van der Waals surface area contributed by atoms with Crippen LogP contribution in [0.1, 0.15) is 44.5 Å². The van der Waals surface area contributed by atoms with E-state index in [1.165, 1.54) is 36.6 Å². The van der Waals surface area contributed by atoms with Crippen molar-refractivity contribution in [3.05, 3.63) is 24.3 Å². The molecule has 1 aliphatic carbocycles. The monoisotopic (exact) mass is 268 g/mol. The highest BCUT2D eigenvalue weighted by Gasteiger charge is 2.26. The third kappa shape index (κ3) is 1.60. The normalized spacial score (nSPS) is 23.7. The molecular formula is C16H20N4. The molecular weight excluding hydrogens is 248 g/mol. The van der Waals surface area contributed by atoms with Gasteiger partial charge in [0, 0.05) is 17.6 Å². The molecule has 0 radical (unpaired) electrons. The van der Waals surface area contributed by atoms with Crippen LogP contribution in [0.25, 0.3) is 22.1 Å². The number of H-pyrrole nitrogens is 1. The van der Waals surface area contributed by atoms with Gasteiger partial charge in [0.2, 0.25) is 0 Å². The van der Waals surface area contributed by atoms with Crippen molar-refractivity contribution in [2.24, 2.45) is 5.92 Å². The van der Waals surface area contributed by atoms with Crippen molar-refractivity contribution in [2.45, 2.75) is 45.6 Å². The molecule has 3 aromatic heterocycles. The summed E-state index contributed by atoms with van der Waals surface area (Å²) in [4.78, 5) is 12.4. The third-order valence-electron chi connectivity index (χ3n) is 4.81. The van der Waals surface area contributed by atoms with E-state index in [0.717, 1.165) is 22.9 Å². The lowest BCUT2D eigenvalue weighted by molar-refractivity contribution is 0.259. The van der Waals surface area contributed by atoms with Gasteiger partial charge in [-0.1, -0.05) is 19.8 Å². The Bertz CT molecular complexity index is 767. The van der Waals surface area contributed by atoms with Crippen molar-refractivity contribution in [2.75, 3.05) is 0 Å². The summed E-state index contributed by atoms with van der Waals surface area (Å²) in [7, 11) is 0. The van der Waals surface area contributed by atoms with E-state index in [2.05, 4.69) is 34.4 Å². The molecule has 2 unspecified atom stereocenters. The van der Waals surface area contributed by atoms with Crippen molar-refractivity contribution in [3.8, 4) is 0 Å². The topological polar surface area (TPSA) is 46.5 Å². The molecule has 4 rings (SSSR count). The van der Waals surface area contributed by atoms with Gasteiger partial charge in [-0.05, 0) is 31.7 Å². The molecule has 4 heteroatoms. The molecule has 0 spiro atoms. The van der Waals surface area contributed by atoms with E-state index in [9.17, 15) is 0 Å². The van der Waals surface area contributed by atoms with Gasteiger partial charge >= 0.3 is 0 Å². The molecule has 3 aromatic rings. The predicted molar refractivity (Wildman–Crippen MR) is 80.8 cm³/mol. The van der Waals surface area contributed by atoms with Crippen LogP contribution in [0, 0.1) is 12.8 Å². The lowest BCUT2D eigenvalue weighted by Gasteiger charge is -2.31. The van der Waals surface area contributed by atoms with Crippen LogP contribution < -0.4 is 0 Å². The van der Waals surface area contributed by atoms with E-state index in [-0.39, 0.29) is 0 Å². The van der Waals surface area contributed by atoms with Crippen molar-refractivity contribution >= 4 is 22.1 Å². The van der Waals surface area contributed by atoms with Gasteiger partial charge in [-0.2, -0.15) is 0 Å². The fraction of sp³-hybridized carbons (Fsp3) is 0.500. The van der Waals surface area contributed by atoms with E-state index in [1.807, 2.05) is 12.4 Å². The molecule has 0 aromatic carbocycles. The Balaban J connectivity index is 2.01. The molecule has 0 aliphatic heterocycles. The molecule has 4 nitrogen and oxygen atoms in total. The van der Waals surface area contributed by atoms with Crippen LogP contribution in [0.15, 0.2) is 18.5 Å². The summed E-state index contributed by atoms with van der Waals surface area (Å²) < 4.78 is 2.47. The number of aromatic amines is 1. The van der Waals surface area contributed by atoms with Gasteiger partial charge in [0.15, 0.2) is 0 Å². The summed E-state index contributed by atoms with van der Waals surface area (Å²) in [5.41, 5.74) is 3.24. The summed E-state index contributed by atoms with van der Waals surface area (Å²) in [6.45, 7) is 4.50. The van der Waals surface area contributed by atoms with Crippen molar-refractivity contribution < 1.29 is 0 Å². The number of aromatic nitrogens is 4. The van der Waals surface area contributed by atoms with Crippen LogP contribution in [-0.4, -0.2) is 19.5 Å². The van der Waals surface area contributed by atoms with Gasteiger partial charge in [-0.25, -0.2) is 9.97 Å². The van der Waals surface area contributed by atoms with Crippen LogP contribution in [0.2, 0.25) is 0 Å². The fourth-order valence-electron chi connectivity index (χ4n) is 3.79. The Hall–Kier alpha value is -1.84. The Kier molecular flexibility index (Phi) is 2.59. The first-order valence-corrected chi connectivity index (χ1v) is 7.56. The highest BCUT2D eigenvalue weighted by molar-refractivity contribution is 6.01. The molecule has 1 saturated carbocycles. The van der Waals surface area contributed by atoms with Crippen LogP contribution in [-0.2, 0) is 0 Å². The summed E-state index contributed by atoms with van der Waals surface area (Å²) in [6.07, 6.45) is 9.14. The average molecular weight is 268 g/mol. The molecule has 0 bridgehead atoms.